The summed E-state index contributed by atoms with van der Waals surface area (Å²) >= 11 is 1.66. The summed E-state index contributed by atoms with van der Waals surface area (Å²) < 4.78 is 10.2. The Morgan fingerprint density at radius 3 is 3.04 bits per heavy atom. The van der Waals surface area contributed by atoms with Crippen molar-refractivity contribution in [1.29, 1.82) is 0 Å². The van der Waals surface area contributed by atoms with Gasteiger partial charge < -0.3 is 19.2 Å². The monoisotopic (exact) mass is 337 g/mol. The third-order valence-electron chi connectivity index (χ3n) is 4.03. The van der Waals surface area contributed by atoms with E-state index in [0.717, 1.165) is 0 Å². The SMILES string of the molecule is COCc1nnc(C(=O)N2CC[C@@H](c3sccc3C)[C@H](O)C2)o1. The normalized spacial score (nSPS) is 21.6. The van der Waals surface area contributed by atoms with E-state index in [1.54, 1.807) is 16.2 Å². The minimum Gasteiger partial charge on any atom is -0.414 e. The van der Waals surface area contributed by atoms with Crippen molar-refractivity contribution in [2.45, 2.75) is 32.0 Å². The first-order valence-corrected chi connectivity index (χ1v) is 8.30. The Kier molecular flexibility index (Phi) is 4.74. The van der Waals surface area contributed by atoms with E-state index in [-0.39, 0.29) is 36.8 Å². The Labute approximate surface area is 137 Å². The molecule has 1 saturated heterocycles. The third-order valence-corrected chi connectivity index (χ3v) is 5.18. The lowest BCUT2D eigenvalue weighted by molar-refractivity contribution is 0.0355. The molecule has 0 aliphatic carbocycles. The maximum absolute atomic E-state index is 12.4. The largest absolute Gasteiger partial charge is 0.414 e. The van der Waals surface area contributed by atoms with Crippen LogP contribution in [0.15, 0.2) is 15.9 Å². The zero-order valence-corrected chi connectivity index (χ0v) is 13.9. The predicted molar refractivity (Wildman–Crippen MR) is 83.3 cm³/mol. The number of hydrogen-bond donors (Lipinski definition) is 1. The molecule has 0 radical (unpaired) electrons. The Bertz CT molecular complexity index is 684. The van der Waals surface area contributed by atoms with E-state index in [4.69, 9.17) is 9.15 Å². The fraction of sp³-hybridized carbons (Fsp3) is 0.533. The number of nitrogens with zero attached hydrogens (tertiary/aromatic N) is 3. The first-order chi connectivity index (χ1) is 11.1. The Balaban J connectivity index is 1.67. The van der Waals surface area contributed by atoms with Gasteiger partial charge in [0.1, 0.15) is 6.61 Å². The second-order valence-electron chi connectivity index (χ2n) is 5.62. The standard InChI is InChI=1S/C15H19N3O4S/c1-9-4-6-23-13(9)10-3-5-18(7-11(10)19)15(20)14-17-16-12(22-14)8-21-2/h4,6,10-11,19H,3,5,7-8H2,1-2H3/t10-,11-/m1/s1. The number of amides is 1. The van der Waals surface area contributed by atoms with Crippen LogP contribution in [-0.2, 0) is 11.3 Å². The maximum Gasteiger partial charge on any atom is 0.311 e. The van der Waals surface area contributed by atoms with Gasteiger partial charge in [-0.3, -0.25) is 4.79 Å². The van der Waals surface area contributed by atoms with Gasteiger partial charge in [-0.2, -0.15) is 0 Å². The van der Waals surface area contributed by atoms with E-state index in [9.17, 15) is 9.90 Å². The van der Waals surface area contributed by atoms with Crippen molar-refractivity contribution in [3.8, 4) is 0 Å². The van der Waals surface area contributed by atoms with Gasteiger partial charge in [0, 0.05) is 31.0 Å². The second-order valence-corrected chi connectivity index (χ2v) is 6.56. The van der Waals surface area contributed by atoms with Gasteiger partial charge in [-0.1, -0.05) is 0 Å². The number of β-amino-alcohol motifs (C(OH)–C–C–N with tert-alkyl or cyclic N) is 1. The molecule has 1 amide bonds. The van der Waals surface area contributed by atoms with E-state index in [0.29, 0.717) is 13.0 Å². The van der Waals surface area contributed by atoms with Gasteiger partial charge in [-0.25, -0.2) is 0 Å². The van der Waals surface area contributed by atoms with Crippen molar-refractivity contribution < 1.29 is 19.1 Å². The van der Waals surface area contributed by atoms with Crippen molar-refractivity contribution in [2.75, 3.05) is 20.2 Å². The first kappa shape index (κ1) is 16.1. The topological polar surface area (TPSA) is 88.7 Å². The number of thiophene rings is 1. The average Bonchev–Trinajstić information content (AvgIpc) is 3.16. The smallest absolute Gasteiger partial charge is 0.311 e. The zero-order valence-electron chi connectivity index (χ0n) is 13.1. The quantitative estimate of drug-likeness (QED) is 0.911. The highest BCUT2D eigenvalue weighted by Crippen LogP contribution is 2.34. The van der Waals surface area contributed by atoms with Crippen LogP contribution in [0.5, 0.6) is 0 Å². The van der Waals surface area contributed by atoms with Crippen molar-refractivity contribution in [1.82, 2.24) is 15.1 Å². The number of ether oxygens (including phenoxy) is 1. The van der Waals surface area contributed by atoms with Crippen LogP contribution in [0, 0.1) is 6.92 Å². The van der Waals surface area contributed by atoms with Gasteiger partial charge >= 0.3 is 11.8 Å². The second kappa shape index (κ2) is 6.77. The lowest BCUT2D eigenvalue weighted by Crippen LogP contribution is -2.45. The van der Waals surface area contributed by atoms with Gasteiger partial charge in [0.25, 0.3) is 0 Å². The summed E-state index contributed by atoms with van der Waals surface area (Å²) in [5, 5.41) is 20.0. The molecule has 2 aromatic rings. The average molecular weight is 337 g/mol. The van der Waals surface area contributed by atoms with Gasteiger partial charge in [-0.05, 0) is 30.4 Å². The van der Waals surface area contributed by atoms with Crippen LogP contribution in [0.4, 0.5) is 0 Å². The molecule has 124 valence electrons. The summed E-state index contributed by atoms with van der Waals surface area (Å²) in [4.78, 5) is 15.2. The summed E-state index contributed by atoms with van der Waals surface area (Å²) in [6.07, 6.45) is 0.124. The molecule has 1 aliphatic rings. The molecule has 7 nitrogen and oxygen atoms in total. The van der Waals surface area contributed by atoms with Crippen LogP contribution in [0.3, 0.4) is 0 Å². The molecule has 3 heterocycles. The van der Waals surface area contributed by atoms with Gasteiger partial charge in [0.15, 0.2) is 0 Å². The van der Waals surface area contributed by atoms with E-state index >= 15 is 0 Å². The van der Waals surface area contributed by atoms with Crippen LogP contribution in [0.1, 0.15) is 39.4 Å². The summed E-state index contributed by atoms with van der Waals surface area (Å²) in [6, 6.07) is 2.06. The Morgan fingerprint density at radius 2 is 2.39 bits per heavy atom. The van der Waals surface area contributed by atoms with Gasteiger partial charge in [0.2, 0.25) is 5.89 Å². The molecular formula is C15H19N3O4S. The minimum absolute atomic E-state index is 0.0602. The number of aryl methyl sites for hydroxylation is 1. The number of carbonyl (C=O) groups is 1. The molecule has 1 N–H and O–H groups in total. The van der Waals surface area contributed by atoms with Crippen LogP contribution in [-0.4, -0.2) is 52.4 Å². The summed E-state index contributed by atoms with van der Waals surface area (Å²) in [5.74, 6) is -0.0680. The molecular weight excluding hydrogens is 318 g/mol. The fourth-order valence-corrected chi connectivity index (χ4v) is 3.97. The first-order valence-electron chi connectivity index (χ1n) is 7.42. The number of rotatable bonds is 4. The molecule has 0 spiro atoms. The van der Waals surface area contributed by atoms with E-state index < -0.39 is 6.10 Å². The number of hydrogen-bond acceptors (Lipinski definition) is 7. The number of aliphatic hydroxyl groups is 1. The summed E-state index contributed by atoms with van der Waals surface area (Å²) in [5.41, 5.74) is 1.19. The number of piperidine rings is 1. The molecule has 1 aliphatic heterocycles. The Hall–Kier alpha value is -1.77. The lowest BCUT2D eigenvalue weighted by Gasteiger charge is -2.35. The van der Waals surface area contributed by atoms with Gasteiger partial charge in [0.05, 0.1) is 6.10 Å². The van der Waals surface area contributed by atoms with Crippen molar-refractivity contribution in [3.63, 3.8) is 0 Å². The maximum atomic E-state index is 12.4. The fourth-order valence-electron chi connectivity index (χ4n) is 2.84. The number of methoxy groups -OCH3 is 1. The van der Waals surface area contributed by atoms with Crippen molar-refractivity contribution in [2.24, 2.45) is 0 Å². The van der Waals surface area contributed by atoms with Crippen LogP contribution < -0.4 is 0 Å². The highest BCUT2D eigenvalue weighted by molar-refractivity contribution is 7.10. The lowest BCUT2D eigenvalue weighted by atomic mass is 9.90. The molecule has 3 rings (SSSR count). The highest BCUT2D eigenvalue weighted by Gasteiger charge is 2.34. The summed E-state index contributed by atoms with van der Waals surface area (Å²) in [6.45, 7) is 3.04. The molecule has 1 fully saturated rings. The molecule has 0 bridgehead atoms. The van der Waals surface area contributed by atoms with E-state index in [1.165, 1.54) is 17.6 Å². The molecule has 0 saturated carbocycles. The zero-order chi connectivity index (χ0) is 16.4. The molecule has 0 unspecified atom stereocenters. The Morgan fingerprint density at radius 1 is 1.57 bits per heavy atom. The highest BCUT2D eigenvalue weighted by atomic mass is 32.1. The summed E-state index contributed by atoms with van der Waals surface area (Å²) in [7, 11) is 1.51. The minimum atomic E-state index is -0.591. The number of likely N-dealkylation sites (tertiary alicyclic amines) is 1. The molecule has 0 aromatic carbocycles. The van der Waals surface area contributed by atoms with Crippen molar-refractivity contribution >= 4 is 17.2 Å². The molecule has 2 aromatic heterocycles. The number of carbonyl (C=O) groups excluding carboxylic acids is 1. The molecule has 2 atom stereocenters. The third kappa shape index (κ3) is 3.29. The van der Waals surface area contributed by atoms with Crippen LogP contribution in [0.25, 0.3) is 0 Å². The van der Waals surface area contributed by atoms with E-state index in [1.807, 2.05) is 12.3 Å². The predicted octanol–water partition coefficient (Wildman–Crippen LogP) is 1.58. The molecule has 23 heavy (non-hydrogen) atoms. The van der Waals surface area contributed by atoms with Crippen molar-refractivity contribution in [3.05, 3.63) is 33.7 Å². The molecule has 8 heteroatoms. The van der Waals surface area contributed by atoms with E-state index in [2.05, 4.69) is 16.3 Å². The van der Waals surface area contributed by atoms with Crippen LogP contribution in [0.2, 0.25) is 0 Å². The number of aliphatic hydroxyl groups excluding tert-OH is 1. The number of aromatic nitrogens is 2. The van der Waals surface area contributed by atoms with Gasteiger partial charge in [-0.15, -0.1) is 21.5 Å². The van der Waals surface area contributed by atoms with Crippen LogP contribution >= 0.6 is 11.3 Å².